The molecule has 0 aliphatic carbocycles. The average molecular weight is 289 g/mol. The molecule has 1 amide bonds. The third-order valence-corrected chi connectivity index (χ3v) is 2.68. The van der Waals surface area contributed by atoms with Gasteiger partial charge in [0.15, 0.2) is 0 Å². The lowest BCUT2D eigenvalue weighted by Crippen LogP contribution is -2.41. The summed E-state index contributed by atoms with van der Waals surface area (Å²) >= 11 is 0. The largest absolute Gasteiger partial charge is 0.480 e. The van der Waals surface area contributed by atoms with Crippen LogP contribution in [0.3, 0.4) is 0 Å². The van der Waals surface area contributed by atoms with Crippen LogP contribution in [0.4, 0.5) is 13.2 Å². The Bertz CT molecular complexity index is 497. The lowest BCUT2D eigenvalue weighted by Gasteiger charge is -2.14. The Morgan fingerprint density at radius 1 is 1.25 bits per heavy atom. The zero-order valence-electron chi connectivity index (χ0n) is 10.8. The van der Waals surface area contributed by atoms with E-state index in [0.29, 0.717) is 25.0 Å². The van der Waals surface area contributed by atoms with Crippen LogP contribution < -0.4 is 5.32 Å². The number of carbonyl (C=O) groups excluding carboxylic acids is 1. The number of amides is 1. The number of nitrogens with one attached hydrogen (secondary N) is 1. The number of carboxylic acid groups (broad SMARTS) is 1. The molecular weight excluding hydrogens is 275 g/mol. The third kappa shape index (κ3) is 3.97. The summed E-state index contributed by atoms with van der Waals surface area (Å²) in [4.78, 5) is 22.6. The summed E-state index contributed by atoms with van der Waals surface area (Å²) in [6, 6.07) is -0.522. The van der Waals surface area contributed by atoms with Crippen LogP contribution in [0.1, 0.15) is 36.5 Å². The molecule has 0 aliphatic rings. The van der Waals surface area contributed by atoms with Crippen LogP contribution in [0.5, 0.6) is 0 Å². The molecule has 0 spiro atoms. The molecule has 0 radical (unpaired) electrons. The standard InChI is InChI=1S/C13H14F3NO3/c1-2-3-4-10(13(19)20)17-12(18)11-8(15)5-7(14)6-9(11)16/h5-6,10H,2-4H2,1H3,(H,17,18)(H,19,20)/t10-/m0/s1. The fourth-order valence-electron chi connectivity index (χ4n) is 1.66. The first-order valence-electron chi connectivity index (χ1n) is 6.05. The van der Waals surface area contributed by atoms with E-state index < -0.39 is 40.9 Å². The molecule has 0 unspecified atom stereocenters. The molecule has 0 saturated carbocycles. The van der Waals surface area contributed by atoms with Gasteiger partial charge < -0.3 is 10.4 Å². The highest BCUT2D eigenvalue weighted by atomic mass is 19.1. The molecule has 1 aromatic rings. The summed E-state index contributed by atoms with van der Waals surface area (Å²) in [7, 11) is 0. The second kappa shape index (κ2) is 6.93. The minimum atomic E-state index is -1.38. The second-order valence-electron chi connectivity index (χ2n) is 4.25. The minimum absolute atomic E-state index is 0.141. The third-order valence-electron chi connectivity index (χ3n) is 2.68. The molecule has 4 nitrogen and oxygen atoms in total. The van der Waals surface area contributed by atoms with Gasteiger partial charge in [-0.2, -0.15) is 0 Å². The van der Waals surface area contributed by atoms with Crippen molar-refractivity contribution in [2.45, 2.75) is 32.2 Å². The molecule has 7 heteroatoms. The van der Waals surface area contributed by atoms with E-state index in [0.717, 1.165) is 0 Å². The molecule has 0 heterocycles. The quantitative estimate of drug-likeness (QED) is 0.845. The molecule has 2 N–H and O–H groups in total. The van der Waals surface area contributed by atoms with Crippen molar-refractivity contribution in [1.82, 2.24) is 5.32 Å². The van der Waals surface area contributed by atoms with Gasteiger partial charge in [-0.3, -0.25) is 4.79 Å². The van der Waals surface area contributed by atoms with Crippen LogP contribution in [-0.4, -0.2) is 23.0 Å². The van der Waals surface area contributed by atoms with Crippen LogP contribution in [0.15, 0.2) is 12.1 Å². The summed E-state index contributed by atoms with van der Waals surface area (Å²) in [5.41, 5.74) is -0.992. The molecule has 110 valence electrons. The SMILES string of the molecule is CCCC[C@H](NC(=O)c1c(F)cc(F)cc1F)C(=O)O. The van der Waals surface area contributed by atoms with Crippen molar-refractivity contribution in [3.05, 3.63) is 35.1 Å². The van der Waals surface area contributed by atoms with Gasteiger partial charge in [-0.25, -0.2) is 18.0 Å². The van der Waals surface area contributed by atoms with E-state index in [-0.39, 0.29) is 6.42 Å². The van der Waals surface area contributed by atoms with Crippen molar-refractivity contribution in [2.75, 3.05) is 0 Å². The fourth-order valence-corrected chi connectivity index (χ4v) is 1.66. The molecule has 0 aromatic heterocycles. The van der Waals surface area contributed by atoms with E-state index in [2.05, 4.69) is 0 Å². The Hall–Kier alpha value is -2.05. The summed E-state index contributed by atoms with van der Waals surface area (Å²) in [5, 5.41) is 10.9. The Morgan fingerprint density at radius 3 is 2.25 bits per heavy atom. The van der Waals surface area contributed by atoms with E-state index in [1.54, 1.807) is 0 Å². The van der Waals surface area contributed by atoms with E-state index in [1.165, 1.54) is 0 Å². The highest BCUT2D eigenvalue weighted by molar-refractivity contribution is 5.97. The molecular formula is C13H14F3NO3. The molecule has 1 aromatic carbocycles. The Labute approximate surface area is 113 Å². The maximum Gasteiger partial charge on any atom is 0.326 e. The average Bonchev–Trinajstić information content (AvgIpc) is 2.32. The lowest BCUT2D eigenvalue weighted by molar-refractivity contribution is -0.139. The van der Waals surface area contributed by atoms with Gasteiger partial charge in [0.25, 0.3) is 5.91 Å². The number of hydrogen-bond donors (Lipinski definition) is 2. The molecule has 0 fully saturated rings. The molecule has 0 aliphatic heterocycles. The van der Waals surface area contributed by atoms with E-state index >= 15 is 0 Å². The van der Waals surface area contributed by atoms with Gasteiger partial charge in [0.05, 0.1) is 0 Å². The summed E-state index contributed by atoms with van der Waals surface area (Å²) in [6.07, 6.45) is 1.38. The fraction of sp³-hybridized carbons (Fsp3) is 0.385. The molecule has 1 atom stereocenters. The summed E-state index contributed by atoms with van der Waals surface area (Å²) in [5.74, 6) is -6.42. The zero-order valence-corrected chi connectivity index (χ0v) is 10.8. The van der Waals surface area contributed by atoms with Crippen LogP contribution >= 0.6 is 0 Å². The highest BCUT2D eigenvalue weighted by Gasteiger charge is 2.24. The normalized spacial score (nSPS) is 12.0. The van der Waals surface area contributed by atoms with Crippen LogP contribution in [-0.2, 0) is 4.79 Å². The van der Waals surface area contributed by atoms with Gasteiger partial charge in [0.2, 0.25) is 0 Å². The monoisotopic (exact) mass is 289 g/mol. The number of hydrogen-bond acceptors (Lipinski definition) is 2. The van der Waals surface area contributed by atoms with Gasteiger partial charge in [0.1, 0.15) is 29.1 Å². The van der Waals surface area contributed by atoms with Crippen molar-refractivity contribution in [2.24, 2.45) is 0 Å². The summed E-state index contributed by atoms with van der Waals surface area (Å²) in [6.45, 7) is 1.83. The number of carbonyl (C=O) groups is 2. The van der Waals surface area contributed by atoms with E-state index in [9.17, 15) is 22.8 Å². The molecule has 0 saturated heterocycles. The predicted octanol–water partition coefficient (Wildman–Crippen LogP) is 2.48. The Kier molecular flexibility index (Phi) is 5.54. The second-order valence-corrected chi connectivity index (χ2v) is 4.25. The zero-order chi connectivity index (χ0) is 15.3. The first kappa shape index (κ1) is 16.0. The van der Waals surface area contributed by atoms with E-state index in [4.69, 9.17) is 5.11 Å². The number of aliphatic carboxylic acids is 1. The van der Waals surface area contributed by atoms with Gasteiger partial charge >= 0.3 is 5.97 Å². The predicted molar refractivity (Wildman–Crippen MR) is 64.7 cm³/mol. The number of halogens is 3. The van der Waals surface area contributed by atoms with Gasteiger partial charge in [-0.05, 0) is 6.42 Å². The first-order valence-corrected chi connectivity index (χ1v) is 6.05. The Balaban J connectivity index is 2.92. The van der Waals surface area contributed by atoms with Crippen molar-refractivity contribution in [3.8, 4) is 0 Å². The van der Waals surface area contributed by atoms with Crippen molar-refractivity contribution in [1.29, 1.82) is 0 Å². The van der Waals surface area contributed by atoms with Crippen molar-refractivity contribution >= 4 is 11.9 Å². The van der Waals surface area contributed by atoms with Crippen molar-refractivity contribution in [3.63, 3.8) is 0 Å². The maximum absolute atomic E-state index is 13.4. The number of rotatable bonds is 6. The lowest BCUT2D eigenvalue weighted by atomic mass is 10.1. The topological polar surface area (TPSA) is 66.4 Å². The number of unbranched alkanes of at least 4 members (excludes halogenated alkanes) is 1. The van der Waals surface area contributed by atoms with Crippen LogP contribution in [0.2, 0.25) is 0 Å². The van der Waals surface area contributed by atoms with Gasteiger partial charge in [-0.15, -0.1) is 0 Å². The summed E-state index contributed by atoms with van der Waals surface area (Å²) < 4.78 is 39.5. The smallest absolute Gasteiger partial charge is 0.326 e. The number of carboxylic acids is 1. The number of benzene rings is 1. The van der Waals surface area contributed by atoms with Gasteiger partial charge in [0, 0.05) is 12.1 Å². The van der Waals surface area contributed by atoms with E-state index in [1.807, 2.05) is 12.2 Å². The molecule has 1 rings (SSSR count). The maximum atomic E-state index is 13.4. The highest BCUT2D eigenvalue weighted by Crippen LogP contribution is 2.15. The van der Waals surface area contributed by atoms with Crippen LogP contribution in [0.25, 0.3) is 0 Å². The molecule has 20 heavy (non-hydrogen) atoms. The van der Waals surface area contributed by atoms with Crippen molar-refractivity contribution < 1.29 is 27.9 Å². The van der Waals surface area contributed by atoms with Crippen LogP contribution in [0, 0.1) is 17.5 Å². The van der Waals surface area contributed by atoms with Gasteiger partial charge in [-0.1, -0.05) is 19.8 Å². The first-order chi connectivity index (χ1) is 9.36. The Morgan fingerprint density at radius 2 is 1.80 bits per heavy atom. The minimum Gasteiger partial charge on any atom is -0.480 e. The molecule has 0 bridgehead atoms.